The first-order valence-corrected chi connectivity index (χ1v) is 6.94. The number of carboxylic acid groups (broad SMARTS) is 1. The predicted octanol–water partition coefficient (Wildman–Crippen LogP) is 3.42. The van der Waals surface area contributed by atoms with Crippen LogP contribution in [-0.4, -0.2) is 17.0 Å². The van der Waals surface area contributed by atoms with Crippen molar-refractivity contribution >= 4 is 11.9 Å². The maximum absolute atomic E-state index is 12.5. The number of carbonyl (C=O) groups excluding carboxylic acids is 1. The van der Waals surface area contributed by atoms with E-state index in [4.69, 9.17) is 9.52 Å². The highest BCUT2D eigenvalue weighted by Gasteiger charge is 2.32. The summed E-state index contributed by atoms with van der Waals surface area (Å²) in [6, 6.07) is 6.28. The third-order valence-electron chi connectivity index (χ3n) is 3.35. The molecule has 1 aromatic carbocycles. The molecule has 0 unspecified atom stereocenters. The molecule has 2 rings (SSSR count). The molecule has 1 aromatic heterocycles. The van der Waals surface area contributed by atoms with Crippen LogP contribution >= 0.6 is 0 Å². The van der Waals surface area contributed by atoms with Crippen LogP contribution < -0.4 is 5.32 Å². The number of benzene rings is 1. The number of carbonyl (C=O) groups is 2. The van der Waals surface area contributed by atoms with E-state index >= 15 is 0 Å². The minimum absolute atomic E-state index is 0.0896. The Morgan fingerprint density at radius 2 is 1.88 bits per heavy atom. The van der Waals surface area contributed by atoms with E-state index in [1.807, 2.05) is 0 Å². The van der Waals surface area contributed by atoms with Gasteiger partial charge in [0.15, 0.2) is 0 Å². The number of hydrogen-bond donors (Lipinski definition) is 2. The van der Waals surface area contributed by atoms with Crippen LogP contribution in [0, 0.1) is 0 Å². The number of nitrogens with one attached hydrogen (secondary N) is 1. The number of amides is 1. The number of rotatable bonds is 5. The van der Waals surface area contributed by atoms with Gasteiger partial charge in [0, 0.05) is 0 Å². The molecule has 1 heterocycles. The minimum atomic E-state index is -4.52. The lowest BCUT2D eigenvalue weighted by Crippen LogP contribution is -2.28. The molecule has 0 aliphatic heterocycles. The van der Waals surface area contributed by atoms with E-state index in [-0.39, 0.29) is 17.7 Å². The van der Waals surface area contributed by atoms with Gasteiger partial charge in [-0.1, -0.05) is 12.1 Å². The van der Waals surface area contributed by atoms with Crippen LogP contribution in [0.2, 0.25) is 0 Å². The first kappa shape index (κ1) is 17.6. The Bertz CT molecular complexity index is 735. The number of halogens is 3. The average molecular weight is 341 g/mol. The Balaban J connectivity index is 1.96. The molecule has 2 aromatic rings. The van der Waals surface area contributed by atoms with E-state index in [0.29, 0.717) is 11.8 Å². The van der Waals surface area contributed by atoms with E-state index < -0.39 is 29.7 Å². The van der Waals surface area contributed by atoms with E-state index in [1.165, 1.54) is 12.1 Å². The van der Waals surface area contributed by atoms with Gasteiger partial charge >= 0.3 is 12.1 Å². The molecule has 0 saturated carbocycles. The Morgan fingerprint density at radius 1 is 1.25 bits per heavy atom. The van der Waals surface area contributed by atoms with Gasteiger partial charge in [-0.25, -0.2) is 4.79 Å². The first-order valence-electron chi connectivity index (χ1n) is 6.94. The van der Waals surface area contributed by atoms with E-state index in [9.17, 15) is 22.8 Å². The zero-order chi connectivity index (χ0) is 17.9. The van der Waals surface area contributed by atoms with Crippen LogP contribution in [0.25, 0.3) is 0 Å². The number of carboxylic acids is 1. The molecule has 24 heavy (non-hydrogen) atoms. The molecule has 1 atom stereocenters. The van der Waals surface area contributed by atoms with Gasteiger partial charge in [-0.2, -0.15) is 13.2 Å². The van der Waals surface area contributed by atoms with E-state index in [0.717, 1.165) is 6.07 Å². The van der Waals surface area contributed by atoms with Crippen molar-refractivity contribution in [1.29, 1.82) is 0 Å². The maximum atomic E-state index is 12.5. The van der Waals surface area contributed by atoms with Gasteiger partial charge in [0.2, 0.25) is 5.91 Å². The quantitative estimate of drug-likeness (QED) is 0.873. The molecule has 0 radical (unpaired) electrons. The van der Waals surface area contributed by atoms with Crippen LogP contribution in [0.4, 0.5) is 13.2 Å². The fraction of sp³-hybridized carbons (Fsp3) is 0.250. The highest BCUT2D eigenvalue weighted by molar-refractivity contribution is 5.87. The van der Waals surface area contributed by atoms with E-state index in [2.05, 4.69) is 5.32 Å². The first-order chi connectivity index (χ1) is 11.2. The molecular weight excluding hydrogens is 327 g/mol. The molecule has 0 aliphatic carbocycles. The standard InChI is InChI=1S/C16H14F3NO4/c1-9(10-2-4-11(5-3-10)15(22)23)20-14(21)7-13-6-12(8-24-13)16(17,18)19/h2-6,8-9H,7H2,1H3,(H,20,21)(H,22,23)/t9-/m0/s1. The Hall–Kier alpha value is -2.77. The molecule has 128 valence electrons. The highest BCUT2D eigenvalue weighted by atomic mass is 19.4. The normalized spacial score (nSPS) is 12.7. The summed E-state index contributed by atoms with van der Waals surface area (Å²) in [5, 5.41) is 11.4. The third kappa shape index (κ3) is 4.37. The van der Waals surface area contributed by atoms with Crippen LogP contribution in [0.1, 0.15) is 40.2 Å². The molecule has 0 fully saturated rings. The molecule has 0 spiro atoms. The van der Waals surface area contributed by atoms with Crippen molar-refractivity contribution in [2.75, 3.05) is 0 Å². The number of hydrogen-bond acceptors (Lipinski definition) is 3. The van der Waals surface area contributed by atoms with Gasteiger partial charge in [-0.15, -0.1) is 0 Å². The summed E-state index contributed by atoms with van der Waals surface area (Å²) in [6.45, 7) is 1.68. The van der Waals surface area contributed by atoms with Crippen molar-refractivity contribution in [2.45, 2.75) is 25.6 Å². The lowest BCUT2D eigenvalue weighted by Gasteiger charge is -2.14. The minimum Gasteiger partial charge on any atom is -0.478 e. The molecule has 0 saturated heterocycles. The van der Waals surface area contributed by atoms with E-state index in [1.54, 1.807) is 19.1 Å². The number of furan rings is 1. The fourth-order valence-corrected chi connectivity index (χ4v) is 2.07. The van der Waals surface area contributed by atoms with Crippen LogP contribution in [0.15, 0.2) is 41.0 Å². The summed E-state index contributed by atoms with van der Waals surface area (Å²) >= 11 is 0. The monoisotopic (exact) mass is 341 g/mol. The summed E-state index contributed by atoms with van der Waals surface area (Å²) in [5.74, 6) is -1.65. The smallest absolute Gasteiger partial charge is 0.419 e. The second-order valence-electron chi connectivity index (χ2n) is 5.19. The van der Waals surface area contributed by atoms with Crippen molar-refractivity contribution in [3.8, 4) is 0 Å². The van der Waals surface area contributed by atoms with Gasteiger partial charge < -0.3 is 14.8 Å². The van der Waals surface area contributed by atoms with Gasteiger partial charge in [-0.3, -0.25) is 4.79 Å². The molecule has 0 aliphatic rings. The lowest BCUT2D eigenvalue weighted by molar-refractivity contribution is -0.138. The topological polar surface area (TPSA) is 79.5 Å². The second kappa shape index (κ2) is 6.77. The summed E-state index contributed by atoms with van der Waals surface area (Å²) < 4.78 is 42.1. The second-order valence-corrected chi connectivity index (χ2v) is 5.19. The van der Waals surface area contributed by atoms with Gasteiger partial charge in [0.25, 0.3) is 0 Å². The predicted molar refractivity (Wildman–Crippen MR) is 77.4 cm³/mol. The summed E-state index contributed by atoms with van der Waals surface area (Å²) in [7, 11) is 0. The van der Waals surface area contributed by atoms with Crippen molar-refractivity contribution in [1.82, 2.24) is 5.32 Å². The Labute approximate surface area is 135 Å². The van der Waals surface area contributed by atoms with Crippen molar-refractivity contribution in [2.24, 2.45) is 0 Å². The fourth-order valence-electron chi connectivity index (χ4n) is 2.07. The zero-order valence-electron chi connectivity index (χ0n) is 12.6. The Kier molecular flexibility index (Phi) is 4.96. The summed E-state index contributed by atoms with van der Waals surface area (Å²) in [4.78, 5) is 22.7. The molecule has 5 nitrogen and oxygen atoms in total. The third-order valence-corrected chi connectivity index (χ3v) is 3.35. The van der Waals surface area contributed by atoms with Crippen molar-refractivity contribution < 1.29 is 32.3 Å². The molecular formula is C16H14F3NO4. The van der Waals surface area contributed by atoms with Gasteiger partial charge in [0.05, 0.1) is 23.6 Å². The average Bonchev–Trinajstić information content (AvgIpc) is 2.95. The lowest BCUT2D eigenvalue weighted by atomic mass is 10.1. The van der Waals surface area contributed by atoms with Gasteiger partial charge in [-0.05, 0) is 30.7 Å². The van der Waals surface area contributed by atoms with Crippen molar-refractivity contribution in [3.63, 3.8) is 0 Å². The van der Waals surface area contributed by atoms with Crippen LogP contribution in [-0.2, 0) is 17.4 Å². The SMILES string of the molecule is C[C@H](NC(=O)Cc1cc(C(F)(F)F)co1)c1ccc(C(=O)O)cc1. The van der Waals surface area contributed by atoms with Crippen LogP contribution in [0.3, 0.4) is 0 Å². The molecule has 8 heteroatoms. The number of alkyl halides is 3. The highest BCUT2D eigenvalue weighted by Crippen LogP contribution is 2.30. The Morgan fingerprint density at radius 3 is 2.38 bits per heavy atom. The maximum Gasteiger partial charge on any atom is 0.419 e. The summed E-state index contributed by atoms with van der Waals surface area (Å²) in [5.41, 5.74) is -0.154. The van der Waals surface area contributed by atoms with Crippen LogP contribution in [0.5, 0.6) is 0 Å². The number of aromatic carboxylic acids is 1. The van der Waals surface area contributed by atoms with Crippen molar-refractivity contribution in [3.05, 3.63) is 59.0 Å². The summed E-state index contributed by atoms with van der Waals surface area (Å²) in [6.07, 6.45) is -4.28. The molecule has 1 amide bonds. The molecule has 0 bridgehead atoms. The molecule has 2 N–H and O–H groups in total. The zero-order valence-corrected chi connectivity index (χ0v) is 12.6. The largest absolute Gasteiger partial charge is 0.478 e. The van der Waals surface area contributed by atoms with Gasteiger partial charge in [0.1, 0.15) is 12.0 Å².